The molecule has 0 bridgehead atoms. The molecule has 1 heterocycles. The summed E-state index contributed by atoms with van der Waals surface area (Å²) in [5.74, 6) is 1.20. The molecule has 0 N–H and O–H groups in total. The summed E-state index contributed by atoms with van der Waals surface area (Å²) in [5, 5.41) is 2.10. The van der Waals surface area contributed by atoms with Crippen LogP contribution in [0.5, 0.6) is 0 Å². The largest absolute Gasteiger partial charge is 0.344 e. The fraction of sp³-hybridized carbons (Fsp3) is 0.385. The third-order valence-corrected chi connectivity index (χ3v) is 3.81. The summed E-state index contributed by atoms with van der Waals surface area (Å²) < 4.78 is 2.33. The Morgan fingerprint density at radius 1 is 1.38 bits per heavy atom. The van der Waals surface area contributed by atoms with Gasteiger partial charge in [0.2, 0.25) is 0 Å². The third-order valence-electron chi connectivity index (χ3n) is 2.81. The third kappa shape index (κ3) is 2.23. The summed E-state index contributed by atoms with van der Waals surface area (Å²) in [7, 11) is 0. The van der Waals surface area contributed by atoms with Crippen molar-refractivity contribution in [1.29, 1.82) is 0 Å². The quantitative estimate of drug-likeness (QED) is 0.733. The Bertz CT molecular complexity index is 490. The lowest BCUT2D eigenvalue weighted by molar-refractivity contribution is 0.691. The maximum atomic E-state index is 6.26. The van der Waals surface area contributed by atoms with Gasteiger partial charge in [0.25, 0.3) is 0 Å². The van der Waals surface area contributed by atoms with Crippen molar-refractivity contribution in [3.63, 3.8) is 0 Å². The molecule has 2 rings (SSSR count). The molecule has 86 valence electrons. The van der Waals surface area contributed by atoms with E-state index in [1.807, 2.05) is 23.9 Å². The van der Waals surface area contributed by atoms with Crippen molar-refractivity contribution in [2.24, 2.45) is 0 Å². The number of halogens is 1. The van der Waals surface area contributed by atoms with Gasteiger partial charge in [0.15, 0.2) is 0 Å². The highest BCUT2D eigenvalue weighted by Gasteiger charge is 2.07. The number of aryl methyl sites for hydroxylation is 2. The first kappa shape index (κ1) is 11.9. The van der Waals surface area contributed by atoms with Gasteiger partial charge in [0, 0.05) is 17.6 Å². The lowest BCUT2D eigenvalue weighted by Crippen LogP contribution is -2.01. The van der Waals surface area contributed by atoms with Crippen LogP contribution in [0.25, 0.3) is 10.9 Å². The second-order valence-electron chi connectivity index (χ2n) is 3.96. The molecule has 0 amide bonds. The van der Waals surface area contributed by atoms with Crippen molar-refractivity contribution in [3.05, 3.63) is 35.0 Å². The van der Waals surface area contributed by atoms with Crippen LogP contribution in [0.2, 0.25) is 5.02 Å². The van der Waals surface area contributed by atoms with Gasteiger partial charge in [0.1, 0.15) is 0 Å². The second-order valence-corrected chi connectivity index (χ2v) is 5.35. The Kier molecular flexibility index (Phi) is 3.82. The van der Waals surface area contributed by atoms with Crippen molar-refractivity contribution < 1.29 is 0 Å². The minimum absolute atomic E-state index is 0.856. The number of fused-ring (bicyclic) bond motifs is 1. The molecule has 2 aromatic rings. The molecule has 0 aliphatic rings. The Hall–Kier alpha value is -0.600. The minimum Gasteiger partial charge on any atom is -0.344 e. The second kappa shape index (κ2) is 5.15. The average molecular weight is 254 g/mol. The lowest BCUT2D eigenvalue weighted by atomic mass is 10.2. The molecule has 0 fully saturated rings. The van der Waals surface area contributed by atoms with E-state index < -0.39 is 0 Å². The van der Waals surface area contributed by atoms with Crippen LogP contribution in [0, 0.1) is 6.92 Å². The first-order valence-electron chi connectivity index (χ1n) is 5.47. The van der Waals surface area contributed by atoms with Crippen LogP contribution in [0.3, 0.4) is 0 Å². The summed E-state index contributed by atoms with van der Waals surface area (Å²) in [6, 6.07) is 8.31. The van der Waals surface area contributed by atoms with Gasteiger partial charge in [-0.25, -0.2) is 0 Å². The van der Waals surface area contributed by atoms with Crippen LogP contribution in [0.4, 0.5) is 0 Å². The Morgan fingerprint density at radius 2 is 2.19 bits per heavy atom. The van der Waals surface area contributed by atoms with Gasteiger partial charge in [0.05, 0.1) is 10.5 Å². The van der Waals surface area contributed by atoms with Crippen LogP contribution in [-0.2, 0) is 6.54 Å². The molecule has 0 atom stereocenters. The SMILES string of the molecule is CSCCCn1c(C)cc2cccc(Cl)c21. The Balaban J connectivity index is 2.38. The van der Waals surface area contributed by atoms with Gasteiger partial charge in [-0.2, -0.15) is 11.8 Å². The van der Waals surface area contributed by atoms with Crippen molar-refractivity contribution in [1.82, 2.24) is 4.57 Å². The number of hydrogen-bond acceptors (Lipinski definition) is 1. The number of para-hydroxylation sites is 1. The van der Waals surface area contributed by atoms with Gasteiger partial charge in [-0.15, -0.1) is 0 Å². The van der Waals surface area contributed by atoms with Crippen LogP contribution in [-0.4, -0.2) is 16.6 Å². The lowest BCUT2D eigenvalue weighted by Gasteiger charge is -2.08. The van der Waals surface area contributed by atoms with Crippen LogP contribution >= 0.6 is 23.4 Å². The monoisotopic (exact) mass is 253 g/mol. The number of benzene rings is 1. The van der Waals surface area contributed by atoms with E-state index in [1.54, 1.807) is 0 Å². The predicted molar refractivity (Wildman–Crippen MR) is 74.7 cm³/mol. The van der Waals surface area contributed by atoms with Crippen molar-refractivity contribution >= 4 is 34.3 Å². The van der Waals surface area contributed by atoms with Crippen LogP contribution < -0.4 is 0 Å². The maximum absolute atomic E-state index is 6.26. The van der Waals surface area contributed by atoms with Gasteiger partial charge in [-0.1, -0.05) is 23.7 Å². The van der Waals surface area contributed by atoms with E-state index in [-0.39, 0.29) is 0 Å². The molecule has 1 aromatic heterocycles. The smallest absolute Gasteiger partial charge is 0.0671 e. The van der Waals surface area contributed by atoms with E-state index >= 15 is 0 Å². The highest BCUT2D eigenvalue weighted by Crippen LogP contribution is 2.27. The van der Waals surface area contributed by atoms with Gasteiger partial charge in [-0.3, -0.25) is 0 Å². The number of aromatic nitrogens is 1. The van der Waals surface area contributed by atoms with Crippen LogP contribution in [0.15, 0.2) is 24.3 Å². The summed E-state index contributed by atoms with van der Waals surface area (Å²) in [6.07, 6.45) is 3.34. The standard InChI is InChI=1S/C13H16ClNS/c1-10-9-11-5-3-6-12(14)13(11)15(10)7-4-8-16-2/h3,5-6,9H,4,7-8H2,1-2H3. The van der Waals surface area contributed by atoms with E-state index in [2.05, 4.69) is 29.9 Å². The fourth-order valence-electron chi connectivity index (χ4n) is 2.07. The zero-order chi connectivity index (χ0) is 11.5. The van der Waals surface area contributed by atoms with Gasteiger partial charge >= 0.3 is 0 Å². The molecule has 0 aliphatic heterocycles. The predicted octanol–water partition coefficient (Wildman–Crippen LogP) is 4.36. The van der Waals surface area contributed by atoms with Gasteiger partial charge < -0.3 is 4.57 Å². The van der Waals surface area contributed by atoms with Crippen molar-refractivity contribution in [3.8, 4) is 0 Å². The molecule has 0 radical (unpaired) electrons. The zero-order valence-electron chi connectivity index (χ0n) is 9.66. The summed E-state index contributed by atoms with van der Waals surface area (Å²) in [4.78, 5) is 0. The summed E-state index contributed by atoms with van der Waals surface area (Å²) in [5.41, 5.74) is 2.48. The molecular formula is C13H16ClNS. The molecule has 0 aliphatic carbocycles. The average Bonchev–Trinajstić information content (AvgIpc) is 2.57. The van der Waals surface area contributed by atoms with E-state index in [0.717, 1.165) is 11.6 Å². The molecule has 1 nitrogen and oxygen atoms in total. The van der Waals surface area contributed by atoms with E-state index in [1.165, 1.54) is 28.8 Å². The molecule has 0 saturated carbocycles. The molecule has 0 saturated heterocycles. The normalized spacial score (nSPS) is 11.2. The Labute approximate surface area is 106 Å². The Morgan fingerprint density at radius 3 is 2.94 bits per heavy atom. The van der Waals surface area contributed by atoms with Crippen molar-refractivity contribution in [2.45, 2.75) is 19.9 Å². The molecular weight excluding hydrogens is 238 g/mol. The summed E-state index contributed by atoms with van der Waals surface area (Å²) in [6.45, 7) is 3.20. The molecule has 3 heteroatoms. The molecule has 0 unspecified atom stereocenters. The highest BCUT2D eigenvalue weighted by molar-refractivity contribution is 7.98. The highest BCUT2D eigenvalue weighted by atomic mass is 35.5. The number of rotatable bonds is 4. The van der Waals surface area contributed by atoms with E-state index in [4.69, 9.17) is 11.6 Å². The van der Waals surface area contributed by atoms with E-state index in [0.29, 0.717) is 0 Å². The fourth-order valence-corrected chi connectivity index (χ4v) is 2.77. The first-order valence-corrected chi connectivity index (χ1v) is 7.24. The molecule has 1 aromatic carbocycles. The van der Waals surface area contributed by atoms with E-state index in [9.17, 15) is 0 Å². The molecule has 0 spiro atoms. The summed E-state index contributed by atoms with van der Waals surface area (Å²) >= 11 is 8.15. The molecule has 16 heavy (non-hydrogen) atoms. The maximum Gasteiger partial charge on any atom is 0.0671 e. The number of thioether (sulfide) groups is 1. The first-order chi connectivity index (χ1) is 7.74. The zero-order valence-corrected chi connectivity index (χ0v) is 11.2. The number of nitrogens with zero attached hydrogens (tertiary/aromatic N) is 1. The topological polar surface area (TPSA) is 4.93 Å². The van der Waals surface area contributed by atoms with Crippen molar-refractivity contribution in [2.75, 3.05) is 12.0 Å². The number of hydrogen-bond donors (Lipinski definition) is 0. The minimum atomic E-state index is 0.856. The van der Waals surface area contributed by atoms with Gasteiger partial charge in [-0.05, 0) is 37.5 Å². The van der Waals surface area contributed by atoms with Crippen LogP contribution in [0.1, 0.15) is 12.1 Å².